The van der Waals surface area contributed by atoms with Crippen LogP contribution < -0.4 is 5.32 Å². The van der Waals surface area contributed by atoms with Crippen molar-refractivity contribution in [3.05, 3.63) is 12.3 Å². The molecule has 0 spiro atoms. The molecule has 0 bridgehead atoms. The zero-order chi connectivity index (χ0) is 12.0. The highest BCUT2D eigenvalue weighted by Gasteiger charge is 2.24. The molecule has 0 aromatic carbocycles. The summed E-state index contributed by atoms with van der Waals surface area (Å²) in [4.78, 5) is 0. The number of nitrogens with one attached hydrogen (secondary N) is 1. The van der Waals surface area contributed by atoms with Crippen LogP contribution in [0.3, 0.4) is 0 Å². The van der Waals surface area contributed by atoms with Crippen LogP contribution in [0.2, 0.25) is 0 Å². The first-order chi connectivity index (χ1) is 7.54. The van der Waals surface area contributed by atoms with E-state index in [0.717, 1.165) is 25.8 Å². The summed E-state index contributed by atoms with van der Waals surface area (Å²) >= 11 is 0. The van der Waals surface area contributed by atoms with E-state index < -0.39 is 0 Å². The van der Waals surface area contributed by atoms with E-state index in [1.807, 2.05) is 0 Å². The fourth-order valence-electron chi connectivity index (χ4n) is 1.98. The van der Waals surface area contributed by atoms with E-state index >= 15 is 0 Å². The molecule has 1 aliphatic rings. The largest absolute Gasteiger partial charge is 0.497 e. The molecule has 0 saturated carbocycles. The van der Waals surface area contributed by atoms with Crippen LogP contribution in [-0.2, 0) is 4.74 Å². The molecule has 3 nitrogen and oxygen atoms in total. The molecule has 0 saturated heterocycles. The summed E-state index contributed by atoms with van der Waals surface area (Å²) in [6.45, 7) is 7.69. The topological polar surface area (TPSA) is 41.5 Å². The number of ether oxygens (including phenoxy) is 1. The van der Waals surface area contributed by atoms with Gasteiger partial charge >= 0.3 is 0 Å². The monoisotopic (exact) mass is 227 g/mol. The normalized spacial score (nSPS) is 22.9. The molecule has 1 heterocycles. The molecule has 0 radical (unpaired) electrons. The second-order valence-electron chi connectivity index (χ2n) is 5.55. The summed E-state index contributed by atoms with van der Waals surface area (Å²) < 4.78 is 5.51. The van der Waals surface area contributed by atoms with Crippen LogP contribution in [0.15, 0.2) is 12.3 Å². The zero-order valence-electron chi connectivity index (χ0n) is 10.7. The van der Waals surface area contributed by atoms with Gasteiger partial charge in [0.2, 0.25) is 0 Å². The third-order valence-corrected chi connectivity index (χ3v) is 3.08. The van der Waals surface area contributed by atoms with Gasteiger partial charge in [-0.2, -0.15) is 0 Å². The summed E-state index contributed by atoms with van der Waals surface area (Å²) in [5, 5.41) is 12.6. The Morgan fingerprint density at radius 2 is 2.25 bits per heavy atom. The minimum atomic E-state index is 0.174. The molecular formula is C13H25NO2. The number of allylic oxidation sites excluding steroid dienone is 1. The van der Waals surface area contributed by atoms with E-state index in [1.165, 1.54) is 0 Å². The zero-order valence-corrected chi connectivity index (χ0v) is 10.7. The van der Waals surface area contributed by atoms with Crippen molar-refractivity contribution in [3.63, 3.8) is 0 Å². The second-order valence-corrected chi connectivity index (χ2v) is 5.55. The number of aliphatic hydroxyl groups is 1. The molecule has 0 fully saturated rings. The van der Waals surface area contributed by atoms with Gasteiger partial charge in [-0.1, -0.05) is 20.8 Å². The molecule has 1 aliphatic heterocycles. The van der Waals surface area contributed by atoms with Gasteiger partial charge in [-0.15, -0.1) is 0 Å². The first kappa shape index (κ1) is 13.5. The average molecular weight is 227 g/mol. The van der Waals surface area contributed by atoms with Crippen molar-refractivity contribution in [2.75, 3.05) is 13.2 Å². The highest BCUT2D eigenvalue weighted by molar-refractivity contribution is 4.86. The van der Waals surface area contributed by atoms with Gasteiger partial charge in [0.05, 0.1) is 6.26 Å². The minimum absolute atomic E-state index is 0.174. The molecule has 2 atom stereocenters. The molecule has 0 aromatic heterocycles. The summed E-state index contributed by atoms with van der Waals surface area (Å²) in [5.74, 6) is 0. The van der Waals surface area contributed by atoms with Gasteiger partial charge in [0.15, 0.2) is 0 Å². The lowest BCUT2D eigenvalue weighted by atomic mass is 9.85. The maximum Gasteiger partial charge on any atom is 0.110 e. The number of hydrogen-bond acceptors (Lipinski definition) is 3. The van der Waals surface area contributed by atoms with Gasteiger partial charge in [0, 0.05) is 19.2 Å². The lowest BCUT2D eigenvalue weighted by Gasteiger charge is -2.33. The van der Waals surface area contributed by atoms with Crippen LogP contribution >= 0.6 is 0 Å². The molecule has 0 amide bonds. The Bertz CT molecular complexity index is 220. The van der Waals surface area contributed by atoms with Crippen molar-refractivity contribution in [2.45, 2.75) is 52.2 Å². The van der Waals surface area contributed by atoms with Crippen molar-refractivity contribution in [2.24, 2.45) is 5.41 Å². The summed E-state index contributed by atoms with van der Waals surface area (Å²) in [5.41, 5.74) is 0.174. The van der Waals surface area contributed by atoms with Crippen LogP contribution in [0.5, 0.6) is 0 Å². The van der Waals surface area contributed by atoms with Gasteiger partial charge in [-0.25, -0.2) is 0 Å². The van der Waals surface area contributed by atoms with Gasteiger partial charge in [-0.3, -0.25) is 0 Å². The van der Waals surface area contributed by atoms with Crippen LogP contribution in [0.25, 0.3) is 0 Å². The fraction of sp³-hybridized carbons (Fsp3) is 0.846. The maximum absolute atomic E-state index is 9.05. The molecule has 1 rings (SSSR count). The smallest absolute Gasteiger partial charge is 0.110 e. The van der Waals surface area contributed by atoms with E-state index in [-0.39, 0.29) is 18.1 Å². The quantitative estimate of drug-likeness (QED) is 0.755. The van der Waals surface area contributed by atoms with Gasteiger partial charge in [0.1, 0.15) is 6.10 Å². The Hall–Kier alpha value is -0.540. The molecule has 2 unspecified atom stereocenters. The Balaban J connectivity index is 2.34. The summed E-state index contributed by atoms with van der Waals surface area (Å²) in [6, 6.07) is 0.340. The van der Waals surface area contributed by atoms with E-state index in [2.05, 4.69) is 32.2 Å². The predicted octanol–water partition coefficient (Wildman–Crippen LogP) is 2.07. The summed E-state index contributed by atoms with van der Waals surface area (Å²) in [7, 11) is 0. The third kappa shape index (κ3) is 4.54. The Morgan fingerprint density at radius 3 is 2.75 bits per heavy atom. The standard InChI is InChI=1S/C13H25NO2/c1-13(2,3)12(7-8-15)14-10-11-6-4-5-9-16-11/h5,9,11-12,14-15H,4,6-8,10H2,1-3H3. The third-order valence-electron chi connectivity index (χ3n) is 3.08. The Labute approximate surface area is 98.9 Å². The van der Waals surface area contributed by atoms with Gasteiger partial charge < -0.3 is 15.2 Å². The Kier molecular flexibility index (Phi) is 5.29. The number of rotatable bonds is 5. The second kappa shape index (κ2) is 6.26. The summed E-state index contributed by atoms with van der Waals surface area (Å²) in [6.07, 6.45) is 7.13. The van der Waals surface area contributed by atoms with Crippen LogP contribution in [0, 0.1) is 5.41 Å². The van der Waals surface area contributed by atoms with E-state index in [9.17, 15) is 0 Å². The highest BCUT2D eigenvalue weighted by atomic mass is 16.5. The minimum Gasteiger partial charge on any atom is -0.497 e. The molecule has 94 valence electrons. The number of hydrogen-bond donors (Lipinski definition) is 2. The first-order valence-corrected chi connectivity index (χ1v) is 6.18. The lowest BCUT2D eigenvalue weighted by Crippen LogP contribution is -2.44. The highest BCUT2D eigenvalue weighted by Crippen LogP contribution is 2.22. The number of aliphatic hydroxyl groups excluding tert-OH is 1. The van der Waals surface area contributed by atoms with Crippen molar-refractivity contribution in [1.82, 2.24) is 5.32 Å². The average Bonchev–Trinajstić information content (AvgIpc) is 2.24. The van der Waals surface area contributed by atoms with Crippen molar-refractivity contribution in [3.8, 4) is 0 Å². The lowest BCUT2D eigenvalue weighted by molar-refractivity contribution is 0.106. The molecule has 16 heavy (non-hydrogen) atoms. The van der Waals surface area contributed by atoms with E-state index in [1.54, 1.807) is 6.26 Å². The van der Waals surface area contributed by atoms with Gasteiger partial charge in [0.25, 0.3) is 0 Å². The Morgan fingerprint density at radius 1 is 1.50 bits per heavy atom. The molecule has 3 heteroatoms. The van der Waals surface area contributed by atoms with Crippen molar-refractivity contribution in [1.29, 1.82) is 0 Å². The SMILES string of the molecule is CC(C)(C)C(CCO)NCC1CCC=CO1. The molecule has 2 N–H and O–H groups in total. The fourth-order valence-corrected chi connectivity index (χ4v) is 1.98. The van der Waals surface area contributed by atoms with E-state index in [0.29, 0.717) is 6.04 Å². The van der Waals surface area contributed by atoms with Crippen LogP contribution in [-0.4, -0.2) is 30.4 Å². The van der Waals surface area contributed by atoms with Crippen LogP contribution in [0.1, 0.15) is 40.0 Å². The molecule has 0 aliphatic carbocycles. The van der Waals surface area contributed by atoms with E-state index in [4.69, 9.17) is 9.84 Å². The predicted molar refractivity (Wildman–Crippen MR) is 66.2 cm³/mol. The molecular weight excluding hydrogens is 202 g/mol. The van der Waals surface area contributed by atoms with Crippen LogP contribution in [0.4, 0.5) is 0 Å². The van der Waals surface area contributed by atoms with Crippen molar-refractivity contribution < 1.29 is 9.84 Å². The maximum atomic E-state index is 9.05. The molecule has 0 aromatic rings. The van der Waals surface area contributed by atoms with Crippen molar-refractivity contribution >= 4 is 0 Å². The first-order valence-electron chi connectivity index (χ1n) is 6.18. The van der Waals surface area contributed by atoms with Gasteiger partial charge in [-0.05, 0) is 30.8 Å².